The van der Waals surface area contributed by atoms with Gasteiger partial charge in [0.1, 0.15) is 0 Å². The summed E-state index contributed by atoms with van der Waals surface area (Å²) in [6.07, 6.45) is -0.250. The van der Waals surface area contributed by atoms with Crippen LogP contribution in [-0.2, 0) is 10.4 Å². The van der Waals surface area contributed by atoms with Crippen LogP contribution < -0.4 is 4.90 Å². The van der Waals surface area contributed by atoms with Crippen molar-refractivity contribution >= 4 is 17.4 Å². The molecule has 4 heteroatoms. The van der Waals surface area contributed by atoms with E-state index in [1.807, 2.05) is 25.1 Å². The van der Waals surface area contributed by atoms with Gasteiger partial charge in [0.2, 0.25) is 0 Å². The molecule has 1 aliphatic rings. The second kappa shape index (κ2) is 6.45. The molecule has 1 atom stereocenters. The predicted molar refractivity (Wildman–Crippen MR) is 97.8 cm³/mol. The smallest absolute Gasteiger partial charge is 0.264 e. The summed E-state index contributed by atoms with van der Waals surface area (Å²) in [5.41, 5.74) is 1.06. The topological polar surface area (TPSA) is 57.6 Å². The Balaban J connectivity index is 1.91. The van der Waals surface area contributed by atoms with Gasteiger partial charge in [-0.15, -0.1) is 0 Å². The molecule has 0 aromatic heterocycles. The van der Waals surface area contributed by atoms with Crippen LogP contribution >= 0.6 is 0 Å². The van der Waals surface area contributed by atoms with Crippen LogP contribution in [-0.4, -0.2) is 23.3 Å². The van der Waals surface area contributed by atoms with Crippen molar-refractivity contribution in [3.8, 4) is 0 Å². The molecule has 130 valence electrons. The third-order valence-electron chi connectivity index (χ3n) is 4.87. The number of hydrogen-bond acceptors (Lipinski definition) is 3. The molecule has 1 amide bonds. The molecule has 0 radical (unpaired) electrons. The molecule has 4 nitrogen and oxygen atoms in total. The lowest BCUT2D eigenvalue weighted by Gasteiger charge is -2.22. The van der Waals surface area contributed by atoms with E-state index in [1.165, 1.54) is 4.90 Å². The Morgan fingerprint density at radius 2 is 1.76 bits per heavy atom. The zero-order valence-electron chi connectivity index (χ0n) is 14.8. The van der Waals surface area contributed by atoms with Crippen molar-refractivity contribution in [2.24, 2.45) is 0 Å². The highest BCUT2D eigenvalue weighted by atomic mass is 16.3. The molecule has 2 aromatic carbocycles. The minimum absolute atomic E-state index is 0.237. The van der Waals surface area contributed by atoms with Gasteiger partial charge in [-0.05, 0) is 24.5 Å². The third-order valence-corrected chi connectivity index (χ3v) is 4.87. The lowest BCUT2D eigenvalue weighted by molar-refractivity contribution is -0.135. The van der Waals surface area contributed by atoms with Gasteiger partial charge in [-0.25, -0.2) is 0 Å². The second-order valence-electron chi connectivity index (χ2n) is 6.80. The number of ketones is 1. The number of carbonyl (C=O) groups is 2. The van der Waals surface area contributed by atoms with E-state index < -0.39 is 11.5 Å². The highest BCUT2D eigenvalue weighted by Gasteiger charge is 2.50. The summed E-state index contributed by atoms with van der Waals surface area (Å²) in [5.74, 6) is -0.281. The van der Waals surface area contributed by atoms with E-state index >= 15 is 0 Å². The number of fused-ring (bicyclic) bond motifs is 1. The van der Waals surface area contributed by atoms with Crippen molar-refractivity contribution in [2.75, 3.05) is 11.4 Å². The highest BCUT2D eigenvalue weighted by molar-refractivity contribution is 6.10. The molecular formula is C21H23NO3. The van der Waals surface area contributed by atoms with Crippen molar-refractivity contribution in [1.29, 1.82) is 0 Å². The highest BCUT2D eigenvalue weighted by Crippen LogP contribution is 2.42. The van der Waals surface area contributed by atoms with E-state index in [1.54, 1.807) is 30.3 Å². The van der Waals surface area contributed by atoms with E-state index in [2.05, 4.69) is 13.8 Å². The average Bonchev–Trinajstić information content (AvgIpc) is 2.82. The minimum atomic E-state index is -1.79. The van der Waals surface area contributed by atoms with Gasteiger partial charge in [0, 0.05) is 17.7 Å². The van der Waals surface area contributed by atoms with Gasteiger partial charge in [0.05, 0.1) is 12.1 Å². The number of carbonyl (C=O) groups excluding carboxylic acids is 2. The van der Waals surface area contributed by atoms with Crippen LogP contribution in [0.2, 0.25) is 0 Å². The molecule has 0 bridgehead atoms. The quantitative estimate of drug-likeness (QED) is 0.848. The Morgan fingerprint density at radius 3 is 2.36 bits per heavy atom. The van der Waals surface area contributed by atoms with Gasteiger partial charge < -0.3 is 10.0 Å². The first-order valence-electron chi connectivity index (χ1n) is 8.65. The number of aliphatic hydroxyl groups is 1. The number of anilines is 1. The molecule has 0 spiro atoms. The lowest BCUT2D eigenvalue weighted by Crippen LogP contribution is -2.41. The largest absolute Gasteiger partial charge is 0.375 e. The Labute approximate surface area is 148 Å². The fourth-order valence-electron chi connectivity index (χ4n) is 3.38. The first kappa shape index (κ1) is 17.4. The van der Waals surface area contributed by atoms with Crippen LogP contribution in [0.25, 0.3) is 0 Å². The minimum Gasteiger partial charge on any atom is -0.375 e. The second-order valence-corrected chi connectivity index (χ2v) is 6.80. The number of hydrogen-bond donors (Lipinski definition) is 1. The van der Waals surface area contributed by atoms with Crippen molar-refractivity contribution in [1.82, 2.24) is 0 Å². The number of amides is 1. The Hall–Kier alpha value is -2.46. The van der Waals surface area contributed by atoms with Gasteiger partial charge in [0.25, 0.3) is 5.91 Å². The Kier molecular flexibility index (Phi) is 4.48. The summed E-state index contributed by atoms with van der Waals surface area (Å²) in [7, 11) is 0. The zero-order valence-corrected chi connectivity index (χ0v) is 14.8. The van der Waals surface area contributed by atoms with Gasteiger partial charge in [-0.1, -0.05) is 56.3 Å². The summed E-state index contributed by atoms with van der Waals surface area (Å²) in [4.78, 5) is 27.0. The summed E-state index contributed by atoms with van der Waals surface area (Å²) in [6.45, 7) is 6.49. The summed E-state index contributed by atoms with van der Waals surface area (Å²) >= 11 is 0. The number of nitrogens with zero attached hydrogens (tertiary/aromatic N) is 1. The Morgan fingerprint density at radius 1 is 1.12 bits per heavy atom. The van der Waals surface area contributed by atoms with Crippen molar-refractivity contribution in [3.63, 3.8) is 0 Å². The summed E-state index contributed by atoms with van der Waals surface area (Å²) in [6, 6.07) is 14.5. The number of para-hydroxylation sites is 1. The molecule has 1 N–H and O–H groups in total. The summed E-state index contributed by atoms with van der Waals surface area (Å²) in [5, 5.41) is 11.1. The van der Waals surface area contributed by atoms with Gasteiger partial charge >= 0.3 is 0 Å². The first-order chi connectivity index (χ1) is 11.9. The number of Topliss-reactive ketones (excluding diaryl/α,β-unsaturated/α-hetero) is 1. The third kappa shape index (κ3) is 2.87. The zero-order chi connectivity index (χ0) is 18.2. The number of rotatable bonds is 5. The Bertz CT molecular complexity index is 810. The maximum atomic E-state index is 12.7. The summed E-state index contributed by atoms with van der Waals surface area (Å²) < 4.78 is 0. The van der Waals surface area contributed by atoms with Crippen LogP contribution in [0.1, 0.15) is 54.6 Å². The van der Waals surface area contributed by atoms with Crippen LogP contribution in [0.3, 0.4) is 0 Å². The monoisotopic (exact) mass is 337 g/mol. The van der Waals surface area contributed by atoms with Crippen molar-refractivity contribution in [2.45, 2.75) is 38.7 Å². The first-order valence-corrected chi connectivity index (χ1v) is 8.65. The van der Waals surface area contributed by atoms with Gasteiger partial charge in [-0.2, -0.15) is 0 Å². The molecule has 0 aliphatic carbocycles. The molecule has 3 rings (SSSR count). The van der Waals surface area contributed by atoms with Crippen LogP contribution in [0.5, 0.6) is 0 Å². The maximum Gasteiger partial charge on any atom is 0.264 e. The van der Waals surface area contributed by atoms with Crippen molar-refractivity contribution in [3.05, 3.63) is 65.2 Å². The molecule has 0 unspecified atom stereocenters. The molecule has 0 saturated heterocycles. The fraction of sp³-hybridized carbons (Fsp3) is 0.333. The predicted octanol–water partition coefficient (Wildman–Crippen LogP) is 3.64. The van der Waals surface area contributed by atoms with Crippen LogP contribution in [0, 0.1) is 0 Å². The normalized spacial score (nSPS) is 19.4. The maximum absolute atomic E-state index is 12.7. The molecule has 2 aromatic rings. The lowest BCUT2D eigenvalue weighted by atomic mass is 9.87. The molecule has 1 heterocycles. The standard InChI is InChI=1S/C21H23NO3/c1-4-22-18-8-6-5-7-17(18)21(25,20(22)24)13-19(23)16-11-9-15(10-12-16)14(2)3/h5-12,14,25H,4,13H2,1-3H3/t21-/m1/s1. The van der Waals surface area contributed by atoms with Crippen LogP contribution in [0.15, 0.2) is 48.5 Å². The molecule has 0 saturated carbocycles. The fourth-order valence-corrected chi connectivity index (χ4v) is 3.38. The molecular weight excluding hydrogens is 314 g/mol. The van der Waals surface area contributed by atoms with E-state index in [0.717, 1.165) is 5.56 Å². The van der Waals surface area contributed by atoms with Gasteiger partial charge in [-0.3, -0.25) is 9.59 Å². The van der Waals surface area contributed by atoms with E-state index in [-0.39, 0.29) is 12.2 Å². The van der Waals surface area contributed by atoms with Gasteiger partial charge in [0.15, 0.2) is 11.4 Å². The SMILES string of the molecule is CCN1C(=O)[C@@](O)(CC(=O)c2ccc(C(C)C)cc2)c2ccccc21. The number of likely N-dealkylation sites (N-methyl/N-ethyl adjacent to an activating group) is 1. The molecule has 25 heavy (non-hydrogen) atoms. The van der Waals surface area contributed by atoms with E-state index in [4.69, 9.17) is 0 Å². The van der Waals surface area contributed by atoms with E-state index in [0.29, 0.717) is 29.3 Å². The molecule has 1 aliphatic heterocycles. The number of benzene rings is 2. The molecule has 0 fully saturated rings. The average molecular weight is 337 g/mol. The van der Waals surface area contributed by atoms with Crippen LogP contribution in [0.4, 0.5) is 5.69 Å². The van der Waals surface area contributed by atoms with Crippen molar-refractivity contribution < 1.29 is 14.7 Å². The van der Waals surface area contributed by atoms with E-state index in [9.17, 15) is 14.7 Å².